The summed E-state index contributed by atoms with van der Waals surface area (Å²) in [5, 5.41) is 0. The fourth-order valence-corrected chi connectivity index (χ4v) is 1.21. The summed E-state index contributed by atoms with van der Waals surface area (Å²) >= 11 is 0. The van der Waals surface area contributed by atoms with Crippen LogP contribution in [0.4, 0.5) is 0 Å². The van der Waals surface area contributed by atoms with Crippen molar-refractivity contribution in [2.45, 2.75) is 19.4 Å². The van der Waals surface area contributed by atoms with E-state index < -0.39 is 0 Å². The zero-order valence-corrected chi connectivity index (χ0v) is 7.41. The molecule has 0 fully saturated rings. The molecule has 4 heteroatoms. The van der Waals surface area contributed by atoms with Crippen LogP contribution in [0, 0.1) is 0 Å². The summed E-state index contributed by atoms with van der Waals surface area (Å²) in [4.78, 5) is 13.7. The Morgan fingerprint density at radius 3 is 2.92 bits per heavy atom. The molecule has 0 aliphatic heterocycles. The molecule has 1 aromatic rings. The van der Waals surface area contributed by atoms with Crippen molar-refractivity contribution in [2.75, 3.05) is 13.7 Å². The van der Waals surface area contributed by atoms with E-state index >= 15 is 0 Å². The van der Waals surface area contributed by atoms with E-state index in [2.05, 4.69) is 4.98 Å². The van der Waals surface area contributed by atoms with Gasteiger partial charge in [0.15, 0.2) is 0 Å². The van der Waals surface area contributed by atoms with Crippen molar-refractivity contribution in [1.29, 1.82) is 0 Å². The van der Waals surface area contributed by atoms with Crippen molar-refractivity contribution in [1.82, 2.24) is 9.55 Å². The summed E-state index contributed by atoms with van der Waals surface area (Å²) in [6.45, 7) is 2.61. The molecule has 0 bridgehead atoms. The van der Waals surface area contributed by atoms with Crippen LogP contribution in [0.3, 0.4) is 0 Å². The highest BCUT2D eigenvalue weighted by Gasteiger charge is 2.09. The highest BCUT2D eigenvalue weighted by molar-refractivity contribution is 4.80. The zero-order valence-electron chi connectivity index (χ0n) is 7.41. The molecule has 12 heavy (non-hydrogen) atoms. The number of nitrogens with zero attached hydrogens (tertiary/aromatic N) is 1. The van der Waals surface area contributed by atoms with E-state index in [1.165, 1.54) is 0 Å². The van der Waals surface area contributed by atoms with Crippen molar-refractivity contribution in [3.63, 3.8) is 0 Å². The van der Waals surface area contributed by atoms with Crippen molar-refractivity contribution in [3.8, 4) is 0 Å². The fourth-order valence-electron chi connectivity index (χ4n) is 1.21. The van der Waals surface area contributed by atoms with Crippen LogP contribution in [0.25, 0.3) is 0 Å². The lowest BCUT2D eigenvalue weighted by Crippen LogP contribution is -2.24. The van der Waals surface area contributed by atoms with Gasteiger partial charge in [0.1, 0.15) is 0 Å². The molecule has 4 nitrogen and oxygen atoms in total. The van der Waals surface area contributed by atoms with Gasteiger partial charge in [0, 0.05) is 19.5 Å². The topological polar surface area (TPSA) is 47.0 Å². The van der Waals surface area contributed by atoms with Crippen LogP contribution in [0.15, 0.2) is 17.2 Å². The van der Waals surface area contributed by atoms with E-state index in [0.29, 0.717) is 6.61 Å². The first-order chi connectivity index (χ1) is 5.79. The van der Waals surface area contributed by atoms with Gasteiger partial charge in [-0.2, -0.15) is 0 Å². The highest BCUT2D eigenvalue weighted by atomic mass is 16.5. The minimum absolute atomic E-state index is 0.0705. The smallest absolute Gasteiger partial charge is 0.325 e. The number of aromatic nitrogens is 2. The molecule has 1 unspecified atom stereocenters. The highest BCUT2D eigenvalue weighted by Crippen LogP contribution is 2.07. The minimum atomic E-state index is -0.0705. The van der Waals surface area contributed by atoms with Gasteiger partial charge in [0.25, 0.3) is 0 Å². The molecule has 0 aromatic carbocycles. The third kappa shape index (κ3) is 1.76. The van der Waals surface area contributed by atoms with Crippen LogP contribution in [0.5, 0.6) is 0 Å². The number of ether oxygens (including phenoxy) is 1. The predicted octanol–water partition coefficient (Wildman–Crippen LogP) is 0.774. The molecule has 68 valence electrons. The summed E-state index contributed by atoms with van der Waals surface area (Å²) in [7, 11) is 1.64. The number of hydrogen-bond acceptors (Lipinski definition) is 2. The van der Waals surface area contributed by atoms with Gasteiger partial charge < -0.3 is 9.72 Å². The van der Waals surface area contributed by atoms with Crippen LogP contribution in [0.1, 0.15) is 19.4 Å². The van der Waals surface area contributed by atoms with Crippen molar-refractivity contribution in [3.05, 3.63) is 22.9 Å². The maximum absolute atomic E-state index is 11.1. The standard InChI is InChI=1S/C8H14N2O2/c1-3-7(6-12-2)10-5-4-9-8(10)11/h4-5,7H,3,6H2,1-2H3,(H,9,11). The molecular weight excluding hydrogens is 156 g/mol. The van der Waals surface area contributed by atoms with Gasteiger partial charge in [0.2, 0.25) is 0 Å². The van der Waals surface area contributed by atoms with Crippen LogP contribution < -0.4 is 5.69 Å². The third-order valence-corrected chi connectivity index (χ3v) is 1.90. The van der Waals surface area contributed by atoms with Crippen molar-refractivity contribution < 1.29 is 4.74 Å². The Bertz CT molecular complexity index is 277. The summed E-state index contributed by atoms with van der Waals surface area (Å²) in [6.07, 6.45) is 4.28. The first-order valence-electron chi connectivity index (χ1n) is 4.04. The molecular formula is C8H14N2O2. The number of methoxy groups -OCH3 is 1. The molecule has 0 saturated carbocycles. The predicted molar refractivity (Wildman–Crippen MR) is 46.3 cm³/mol. The molecule has 1 N–H and O–H groups in total. The molecule has 1 aromatic heterocycles. The van der Waals surface area contributed by atoms with Crippen LogP contribution >= 0.6 is 0 Å². The third-order valence-electron chi connectivity index (χ3n) is 1.90. The number of aromatic amines is 1. The van der Waals surface area contributed by atoms with Gasteiger partial charge >= 0.3 is 5.69 Å². The first kappa shape index (κ1) is 9.06. The van der Waals surface area contributed by atoms with E-state index in [4.69, 9.17) is 4.74 Å². The molecule has 0 aliphatic rings. The number of H-pyrrole nitrogens is 1. The number of imidazole rings is 1. The molecule has 0 aliphatic carbocycles. The van der Waals surface area contributed by atoms with Crippen molar-refractivity contribution >= 4 is 0 Å². The molecule has 0 radical (unpaired) electrons. The Hall–Kier alpha value is -1.03. The van der Waals surface area contributed by atoms with Gasteiger partial charge in [-0.1, -0.05) is 6.92 Å². The first-order valence-corrected chi connectivity index (χ1v) is 4.04. The van der Waals surface area contributed by atoms with Crippen molar-refractivity contribution in [2.24, 2.45) is 0 Å². The number of nitrogens with one attached hydrogen (secondary N) is 1. The van der Waals surface area contributed by atoms with Gasteiger partial charge in [0.05, 0.1) is 12.6 Å². The monoisotopic (exact) mass is 170 g/mol. The zero-order chi connectivity index (χ0) is 8.97. The Labute approximate surface area is 71.2 Å². The van der Waals surface area contributed by atoms with Crippen LogP contribution in [-0.2, 0) is 4.74 Å². The largest absolute Gasteiger partial charge is 0.383 e. The average molecular weight is 170 g/mol. The second kappa shape index (κ2) is 4.11. The lowest BCUT2D eigenvalue weighted by molar-refractivity contribution is 0.151. The summed E-state index contributed by atoms with van der Waals surface area (Å²) in [5.74, 6) is 0. The second-order valence-electron chi connectivity index (χ2n) is 2.69. The molecule has 0 saturated heterocycles. The van der Waals surface area contributed by atoms with E-state index in [0.717, 1.165) is 6.42 Å². The summed E-state index contributed by atoms with van der Waals surface area (Å²) in [6, 6.07) is 0.147. The molecule has 1 atom stereocenters. The molecule has 0 amide bonds. The Morgan fingerprint density at radius 2 is 2.50 bits per heavy atom. The van der Waals surface area contributed by atoms with Crippen LogP contribution in [-0.4, -0.2) is 23.3 Å². The lowest BCUT2D eigenvalue weighted by Gasteiger charge is -2.13. The Morgan fingerprint density at radius 1 is 1.75 bits per heavy atom. The van der Waals surface area contributed by atoms with E-state index in [1.807, 2.05) is 6.92 Å². The van der Waals surface area contributed by atoms with E-state index in [9.17, 15) is 4.79 Å². The fraction of sp³-hybridized carbons (Fsp3) is 0.625. The van der Waals surface area contributed by atoms with E-state index in [1.54, 1.807) is 24.1 Å². The second-order valence-corrected chi connectivity index (χ2v) is 2.69. The average Bonchev–Trinajstić information content (AvgIpc) is 2.47. The van der Waals surface area contributed by atoms with Crippen LogP contribution in [0.2, 0.25) is 0 Å². The quantitative estimate of drug-likeness (QED) is 0.725. The SMILES string of the molecule is CCC(COC)n1cc[nH]c1=O. The van der Waals surface area contributed by atoms with Gasteiger partial charge in [-0.15, -0.1) is 0 Å². The Kier molecular flexibility index (Phi) is 3.10. The number of hydrogen-bond donors (Lipinski definition) is 1. The molecule has 0 spiro atoms. The lowest BCUT2D eigenvalue weighted by atomic mass is 10.2. The normalized spacial score (nSPS) is 13.2. The Balaban J connectivity index is 2.79. The summed E-state index contributed by atoms with van der Waals surface area (Å²) < 4.78 is 6.66. The summed E-state index contributed by atoms with van der Waals surface area (Å²) in [5.41, 5.74) is -0.0705. The molecule has 1 heterocycles. The number of rotatable bonds is 4. The van der Waals surface area contributed by atoms with Gasteiger partial charge in [-0.25, -0.2) is 4.79 Å². The molecule has 1 rings (SSSR count). The van der Waals surface area contributed by atoms with Gasteiger partial charge in [-0.3, -0.25) is 4.57 Å². The van der Waals surface area contributed by atoms with E-state index in [-0.39, 0.29) is 11.7 Å². The maximum atomic E-state index is 11.1. The maximum Gasteiger partial charge on any atom is 0.325 e. The minimum Gasteiger partial charge on any atom is -0.383 e. The van der Waals surface area contributed by atoms with Gasteiger partial charge in [-0.05, 0) is 6.42 Å².